The van der Waals surface area contributed by atoms with Crippen LogP contribution in [0.1, 0.15) is 28.8 Å². The first-order valence-electron chi connectivity index (χ1n) is 8.43. The molecule has 0 amide bonds. The summed E-state index contributed by atoms with van der Waals surface area (Å²) in [4.78, 5) is 22.7. The van der Waals surface area contributed by atoms with Crippen molar-refractivity contribution in [2.24, 2.45) is 5.10 Å². The lowest BCUT2D eigenvalue weighted by Crippen LogP contribution is -2.17. The van der Waals surface area contributed by atoms with E-state index in [0.717, 1.165) is 45.9 Å². The van der Waals surface area contributed by atoms with Gasteiger partial charge in [0.2, 0.25) is 0 Å². The highest BCUT2D eigenvalue weighted by atomic mass is 32.1. The number of para-hydroxylation sites is 1. The molecule has 1 aliphatic rings. The number of fused-ring (bicyclic) bond motifs is 4. The maximum absolute atomic E-state index is 12.9. The van der Waals surface area contributed by atoms with Crippen molar-refractivity contribution in [3.8, 4) is 0 Å². The number of benzene rings is 1. The molecule has 6 heteroatoms. The molecule has 5 rings (SSSR count). The van der Waals surface area contributed by atoms with Crippen LogP contribution in [-0.2, 0) is 12.8 Å². The minimum atomic E-state index is -0.0690. The average molecular weight is 348 g/mol. The van der Waals surface area contributed by atoms with Gasteiger partial charge in [0.25, 0.3) is 5.56 Å². The van der Waals surface area contributed by atoms with Gasteiger partial charge in [-0.15, -0.1) is 11.3 Å². The van der Waals surface area contributed by atoms with Crippen LogP contribution < -0.4 is 5.56 Å². The number of nitrogens with zero attached hydrogens (tertiary/aromatic N) is 3. The van der Waals surface area contributed by atoms with E-state index in [2.05, 4.69) is 15.1 Å². The first-order valence-corrected chi connectivity index (χ1v) is 9.25. The summed E-state index contributed by atoms with van der Waals surface area (Å²) in [6.07, 6.45) is 9.53. The smallest absolute Gasteiger partial charge is 0.282 e. The third-order valence-electron chi connectivity index (χ3n) is 4.80. The zero-order valence-electron chi connectivity index (χ0n) is 13.5. The third kappa shape index (κ3) is 2.33. The zero-order chi connectivity index (χ0) is 16.8. The van der Waals surface area contributed by atoms with Gasteiger partial charge in [0, 0.05) is 27.5 Å². The summed E-state index contributed by atoms with van der Waals surface area (Å²) >= 11 is 1.66. The molecular formula is C19H16N4OS. The summed E-state index contributed by atoms with van der Waals surface area (Å²) in [6.45, 7) is 0. The molecule has 0 aliphatic heterocycles. The Balaban J connectivity index is 1.61. The summed E-state index contributed by atoms with van der Waals surface area (Å²) in [5.41, 5.74) is 3.13. The van der Waals surface area contributed by atoms with E-state index in [1.165, 1.54) is 27.9 Å². The second-order valence-corrected chi connectivity index (χ2v) is 7.40. The standard InChI is InChI=1S/C19H16N4OS/c24-19-17-14-6-2-4-8-16(14)25-18(17)21-11-23(19)22-10-12-9-20-15-7-3-1-5-13(12)15/h1,3,5,7,9-11,20H,2,4,6,8H2/b22-10-. The summed E-state index contributed by atoms with van der Waals surface area (Å²) in [5, 5.41) is 6.23. The molecule has 3 aromatic heterocycles. The lowest BCUT2D eigenvalue weighted by molar-refractivity contribution is 0.699. The largest absolute Gasteiger partial charge is 0.361 e. The van der Waals surface area contributed by atoms with Gasteiger partial charge in [-0.1, -0.05) is 18.2 Å². The number of nitrogens with one attached hydrogen (secondary N) is 1. The van der Waals surface area contributed by atoms with Gasteiger partial charge in [-0.25, -0.2) is 4.98 Å². The Hall–Kier alpha value is -2.73. The van der Waals surface area contributed by atoms with Crippen LogP contribution in [0.5, 0.6) is 0 Å². The highest BCUT2D eigenvalue weighted by molar-refractivity contribution is 7.18. The number of rotatable bonds is 2. The molecule has 1 aliphatic carbocycles. The van der Waals surface area contributed by atoms with Gasteiger partial charge in [-0.2, -0.15) is 9.78 Å². The number of hydrogen-bond donors (Lipinski definition) is 1. The summed E-state index contributed by atoms with van der Waals surface area (Å²) in [6, 6.07) is 8.03. The average Bonchev–Trinajstić information content (AvgIpc) is 3.22. The van der Waals surface area contributed by atoms with Crippen molar-refractivity contribution < 1.29 is 0 Å². The van der Waals surface area contributed by atoms with E-state index in [0.29, 0.717) is 0 Å². The topological polar surface area (TPSA) is 63.0 Å². The lowest BCUT2D eigenvalue weighted by atomic mass is 9.97. The number of H-pyrrole nitrogens is 1. The van der Waals surface area contributed by atoms with Crippen LogP contribution in [0.25, 0.3) is 21.1 Å². The molecule has 0 radical (unpaired) electrons. The second kappa shape index (κ2) is 5.67. The van der Waals surface area contributed by atoms with Crippen LogP contribution >= 0.6 is 11.3 Å². The lowest BCUT2D eigenvalue weighted by Gasteiger charge is -2.09. The van der Waals surface area contributed by atoms with Gasteiger partial charge in [-0.3, -0.25) is 4.79 Å². The summed E-state index contributed by atoms with van der Waals surface area (Å²) in [5.74, 6) is 0. The van der Waals surface area contributed by atoms with Gasteiger partial charge in [0.15, 0.2) is 0 Å². The van der Waals surface area contributed by atoms with Gasteiger partial charge >= 0.3 is 0 Å². The Morgan fingerprint density at radius 3 is 3.08 bits per heavy atom. The quantitative estimate of drug-likeness (QED) is 0.561. The van der Waals surface area contributed by atoms with E-state index in [9.17, 15) is 4.79 Å². The fourth-order valence-corrected chi connectivity index (χ4v) is 4.76. The zero-order valence-corrected chi connectivity index (χ0v) is 14.3. The molecule has 0 fully saturated rings. The number of hydrogen-bond acceptors (Lipinski definition) is 4. The number of thiophene rings is 1. The molecule has 0 spiro atoms. The fourth-order valence-electron chi connectivity index (χ4n) is 3.54. The van der Waals surface area contributed by atoms with Gasteiger partial charge in [0.05, 0.1) is 11.6 Å². The third-order valence-corrected chi connectivity index (χ3v) is 6.00. The molecule has 4 aromatic rings. The second-order valence-electron chi connectivity index (χ2n) is 6.32. The van der Waals surface area contributed by atoms with Crippen LogP contribution in [-0.4, -0.2) is 20.9 Å². The molecular weight excluding hydrogens is 332 g/mol. The monoisotopic (exact) mass is 348 g/mol. The number of aryl methyl sites for hydroxylation is 2. The Labute approximate surface area is 147 Å². The first-order chi connectivity index (χ1) is 12.3. The van der Waals surface area contributed by atoms with E-state index < -0.39 is 0 Å². The summed E-state index contributed by atoms with van der Waals surface area (Å²) in [7, 11) is 0. The fraction of sp³-hybridized carbons (Fsp3) is 0.211. The maximum Gasteiger partial charge on any atom is 0.282 e. The molecule has 1 aromatic carbocycles. The summed E-state index contributed by atoms with van der Waals surface area (Å²) < 4.78 is 1.35. The highest BCUT2D eigenvalue weighted by Crippen LogP contribution is 2.33. The van der Waals surface area contributed by atoms with Crippen molar-refractivity contribution in [3.05, 3.63) is 63.1 Å². The maximum atomic E-state index is 12.9. The van der Waals surface area contributed by atoms with Crippen molar-refractivity contribution in [1.29, 1.82) is 0 Å². The first kappa shape index (κ1) is 14.6. The Morgan fingerprint density at radius 1 is 1.24 bits per heavy atom. The van der Waals surface area contributed by atoms with Crippen LogP contribution in [0.15, 0.2) is 46.7 Å². The Kier molecular flexibility index (Phi) is 3.31. The predicted molar refractivity (Wildman–Crippen MR) is 102 cm³/mol. The molecule has 3 heterocycles. The molecule has 5 nitrogen and oxygen atoms in total. The SMILES string of the molecule is O=c1c2c3c(sc2ncn1/N=C\c1c[nH]c2ccccc12)CCCC3. The number of aromatic amines is 1. The molecule has 0 unspecified atom stereocenters. The molecule has 25 heavy (non-hydrogen) atoms. The van der Waals surface area contributed by atoms with E-state index in [1.54, 1.807) is 17.6 Å². The highest BCUT2D eigenvalue weighted by Gasteiger charge is 2.19. The molecule has 0 atom stereocenters. The van der Waals surface area contributed by atoms with Crippen LogP contribution in [0.3, 0.4) is 0 Å². The van der Waals surface area contributed by atoms with E-state index >= 15 is 0 Å². The van der Waals surface area contributed by atoms with Gasteiger partial charge in [0.1, 0.15) is 11.2 Å². The van der Waals surface area contributed by atoms with Crippen LogP contribution in [0.2, 0.25) is 0 Å². The van der Waals surface area contributed by atoms with E-state index in [1.807, 2.05) is 30.5 Å². The van der Waals surface area contributed by atoms with Gasteiger partial charge in [-0.05, 0) is 37.3 Å². The number of aromatic nitrogens is 3. The molecule has 0 bridgehead atoms. The Bertz CT molecular complexity index is 1180. The van der Waals surface area contributed by atoms with Gasteiger partial charge < -0.3 is 4.98 Å². The van der Waals surface area contributed by atoms with Crippen molar-refractivity contribution in [2.45, 2.75) is 25.7 Å². The van der Waals surface area contributed by atoms with Crippen LogP contribution in [0.4, 0.5) is 0 Å². The molecule has 0 saturated carbocycles. The van der Waals surface area contributed by atoms with Crippen LogP contribution in [0, 0.1) is 0 Å². The minimum Gasteiger partial charge on any atom is -0.361 e. The van der Waals surface area contributed by atoms with Crippen molar-refractivity contribution in [3.63, 3.8) is 0 Å². The molecule has 0 saturated heterocycles. The molecule has 1 N–H and O–H groups in total. The Morgan fingerprint density at radius 2 is 2.12 bits per heavy atom. The normalized spacial score (nSPS) is 14.6. The minimum absolute atomic E-state index is 0.0690. The van der Waals surface area contributed by atoms with Crippen molar-refractivity contribution in [2.75, 3.05) is 0 Å². The predicted octanol–water partition coefficient (Wildman–Crippen LogP) is 3.70. The van der Waals surface area contributed by atoms with Crippen molar-refractivity contribution in [1.82, 2.24) is 14.6 Å². The molecule has 124 valence electrons. The van der Waals surface area contributed by atoms with E-state index in [-0.39, 0.29) is 5.56 Å². The van der Waals surface area contributed by atoms with E-state index in [4.69, 9.17) is 0 Å². The van der Waals surface area contributed by atoms with Crippen molar-refractivity contribution >= 4 is 38.7 Å².